The second-order valence-electron chi connectivity index (χ2n) is 15.4. The molecule has 0 aliphatic carbocycles. The van der Waals surface area contributed by atoms with Crippen molar-refractivity contribution in [1.82, 2.24) is 9.97 Å². The van der Waals surface area contributed by atoms with Crippen LogP contribution in [0.15, 0.2) is 243 Å². The number of fused-ring (bicyclic) bond motifs is 1. The summed E-state index contributed by atoms with van der Waals surface area (Å²) in [5, 5.41) is 11.4. The topological polar surface area (TPSA) is 49.6 Å². The van der Waals surface area contributed by atoms with Crippen molar-refractivity contribution in [3.63, 3.8) is 0 Å². The van der Waals surface area contributed by atoms with Crippen LogP contribution >= 0.6 is 0 Å². The quantitative estimate of drug-likeness (QED) is 0.140. The van der Waals surface area contributed by atoms with Crippen LogP contribution < -0.4 is 0 Å². The van der Waals surface area contributed by atoms with E-state index in [1.54, 1.807) is 0 Å². The van der Waals surface area contributed by atoms with Gasteiger partial charge in [-0.05, 0) is 103 Å². The maximum Gasteiger partial charge on any atom is 0.160 e. The van der Waals surface area contributed by atoms with Crippen molar-refractivity contribution >= 4 is 22.1 Å². The Bertz CT molecular complexity index is 3130. The summed E-state index contributed by atoms with van der Waals surface area (Å²) >= 11 is 0. The first-order valence-electron chi connectivity index (χ1n) is 20.9. The van der Waals surface area contributed by atoms with E-state index in [1.165, 1.54) is 0 Å². The van der Waals surface area contributed by atoms with Crippen molar-refractivity contribution in [1.29, 1.82) is 5.41 Å². The number of aromatic nitrogens is 2. The average Bonchev–Trinajstić information content (AvgIpc) is 3.36. The van der Waals surface area contributed by atoms with Crippen LogP contribution in [0, 0.1) is 5.41 Å². The molecule has 0 radical (unpaired) electrons. The molecule has 0 atom stereocenters. The normalized spacial score (nSPS) is 11.4. The molecule has 0 amide bonds. The zero-order valence-corrected chi connectivity index (χ0v) is 34.0. The lowest BCUT2D eigenvalue weighted by Crippen LogP contribution is -1.98. The number of rotatable bonds is 10. The van der Waals surface area contributed by atoms with Crippen LogP contribution in [0.25, 0.3) is 83.6 Å². The summed E-state index contributed by atoms with van der Waals surface area (Å²) in [6.45, 7) is 0. The molecule has 0 aliphatic heterocycles. The fourth-order valence-electron chi connectivity index (χ4n) is 8.15. The summed E-state index contributed by atoms with van der Waals surface area (Å²) in [5.41, 5.74) is 15.9. The lowest BCUT2D eigenvalue weighted by atomic mass is 9.90. The SMILES string of the molecule is N=C(/C=C(/c1ccccc1)c1cccc2ccc(-c3cccc(-c4cc(-c5cccc(-c6ccccc6)c5)nc(-c5cccc(-c6ccccc6)c5)n4)c3)cc12)c1ccccc1. The van der Waals surface area contributed by atoms with E-state index in [4.69, 9.17) is 15.4 Å². The van der Waals surface area contributed by atoms with Gasteiger partial charge in [-0.2, -0.15) is 0 Å². The second-order valence-corrected chi connectivity index (χ2v) is 15.4. The average molecular weight is 792 g/mol. The first-order chi connectivity index (χ1) is 30.6. The first kappa shape index (κ1) is 38.0. The number of hydrogen-bond acceptors (Lipinski definition) is 3. The molecule has 292 valence electrons. The lowest BCUT2D eigenvalue weighted by Gasteiger charge is -2.15. The smallest absolute Gasteiger partial charge is 0.160 e. The van der Waals surface area contributed by atoms with Gasteiger partial charge in [-0.1, -0.05) is 206 Å². The summed E-state index contributed by atoms with van der Waals surface area (Å²) in [7, 11) is 0. The summed E-state index contributed by atoms with van der Waals surface area (Å²) < 4.78 is 0. The molecule has 10 aromatic rings. The highest BCUT2D eigenvalue weighted by Gasteiger charge is 2.15. The molecule has 0 bridgehead atoms. The van der Waals surface area contributed by atoms with Crippen LogP contribution in [-0.2, 0) is 0 Å². The monoisotopic (exact) mass is 791 g/mol. The van der Waals surface area contributed by atoms with Gasteiger partial charge in [0, 0.05) is 16.7 Å². The minimum Gasteiger partial charge on any atom is -0.300 e. The summed E-state index contributed by atoms with van der Waals surface area (Å²) in [6.07, 6.45) is 2.00. The minimum atomic E-state index is 0.465. The molecule has 9 aromatic carbocycles. The molecular weight excluding hydrogens is 751 g/mol. The highest BCUT2D eigenvalue weighted by Crippen LogP contribution is 2.36. The van der Waals surface area contributed by atoms with Gasteiger partial charge in [0.1, 0.15) is 0 Å². The molecule has 3 heteroatoms. The molecule has 0 saturated heterocycles. The van der Waals surface area contributed by atoms with Crippen LogP contribution in [-0.4, -0.2) is 15.7 Å². The van der Waals surface area contributed by atoms with Gasteiger partial charge in [-0.3, -0.25) is 0 Å². The number of nitrogens with zero attached hydrogens (tertiary/aromatic N) is 2. The second kappa shape index (κ2) is 17.1. The summed E-state index contributed by atoms with van der Waals surface area (Å²) in [6, 6.07) is 82.2. The van der Waals surface area contributed by atoms with Gasteiger partial charge in [0.25, 0.3) is 0 Å². The number of nitrogens with one attached hydrogen (secondary N) is 1. The fourth-order valence-corrected chi connectivity index (χ4v) is 8.15. The molecule has 62 heavy (non-hydrogen) atoms. The lowest BCUT2D eigenvalue weighted by molar-refractivity contribution is 1.18. The van der Waals surface area contributed by atoms with Crippen molar-refractivity contribution in [2.45, 2.75) is 0 Å². The maximum atomic E-state index is 9.10. The molecule has 0 unspecified atom stereocenters. The zero-order valence-electron chi connectivity index (χ0n) is 34.0. The largest absolute Gasteiger partial charge is 0.300 e. The van der Waals surface area contributed by atoms with Gasteiger partial charge in [0.15, 0.2) is 5.82 Å². The molecule has 3 nitrogen and oxygen atoms in total. The van der Waals surface area contributed by atoms with E-state index in [2.05, 4.69) is 188 Å². The standard InChI is InChI=1S/C59H41N3/c60-56(45-23-11-4-12-24-45)39-55(43-21-9-3-10-22-43)53-32-16-25-44-33-34-49(38-54(44)53)48-28-14-30-51(36-48)58-40-57(50-29-13-26-46(35-50)41-17-5-1-6-18-41)61-59(62-58)52-31-15-27-47(37-52)42-19-7-2-8-20-42/h1-40,60H/b55-39-,60-56?. The van der Waals surface area contributed by atoms with E-state index in [0.717, 1.165) is 94.5 Å². The third kappa shape index (κ3) is 8.03. The van der Waals surface area contributed by atoms with E-state index >= 15 is 0 Å². The molecule has 0 spiro atoms. The Morgan fingerprint density at radius 2 is 0.774 bits per heavy atom. The van der Waals surface area contributed by atoms with E-state index in [9.17, 15) is 0 Å². The Balaban J connectivity index is 1.09. The number of allylic oxidation sites excluding steroid dienone is 1. The predicted molar refractivity (Wildman–Crippen MR) is 259 cm³/mol. The van der Waals surface area contributed by atoms with E-state index < -0.39 is 0 Å². The molecule has 10 rings (SSSR count). The van der Waals surface area contributed by atoms with Crippen LogP contribution in [0.2, 0.25) is 0 Å². The van der Waals surface area contributed by atoms with Crippen molar-refractivity contribution in [2.24, 2.45) is 0 Å². The van der Waals surface area contributed by atoms with Crippen LogP contribution in [0.5, 0.6) is 0 Å². The Kier molecular flexibility index (Phi) is 10.5. The summed E-state index contributed by atoms with van der Waals surface area (Å²) in [4.78, 5) is 10.5. The Morgan fingerprint density at radius 3 is 1.35 bits per heavy atom. The van der Waals surface area contributed by atoms with E-state index in [1.807, 2.05) is 54.6 Å². The third-order valence-electron chi connectivity index (χ3n) is 11.3. The van der Waals surface area contributed by atoms with Gasteiger partial charge < -0.3 is 5.41 Å². The molecule has 0 saturated carbocycles. The fraction of sp³-hybridized carbons (Fsp3) is 0. The Morgan fingerprint density at radius 1 is 0.339 bits per heavy atom. The summed E-state index contributed by atoms with van der Waals surface area (Å²) in [5.74, 6) is 0.669. The highest BCUT2D eigenvalue weighted by molar-refractivity contribution is 6.14. The van der Waals surface area contributed by atoms with Crippen LogP contribution in [0.3, 0.4) is 0 Å². The first-order valence-corrected chi connectivity index (χ1v) is 20.9. The third-order valence-corrected chi connectivity index (χ3v) is 11.3. The van der Waals surface area contributed by atoms with Gasteiger partial charge >= 0.3 is 0 Å². The molecule has 0 aliphatic rings. The van der Waals surface area contributed by atoms with E-state index in [-0.39, 0.29) is 0 Å². The van der Waals surface area contributed by atoms with E-state index in [0.29, 0.717) is 11.5 Å². The van der Waals surface area contributed by atoms with Gasteiger partial charge in [-0.15, -0.1) is 0 Å². The Labute approximate surface area is 362 Å². The van der Waals surface area contributed by atoms with Gasteiger partial charge in [0.05, 0.1) is 17.1 Å². The maximum absolute atomic E-state index is 9.10. The Hall–Kier alpha value is -8.27. The van der Waals surface area contributed by atoms with Crippen LogP contribution in [0.4, 0.5) is 0 Å². The molecule has 1 heterocycles. The molecule has 1 aromatic heterocycles. The predicted octanol–water partition coefficient (Wildman–Crippen LogP) is 15.1. The van der Waals surface area contributed by atoms with Gasteiger partial charge in [-0.25, -0.2) is 9.97 Å². The van der Waals surface area contributed by atoms with Crippen molar-refractivity contribution in [3.05, 3.63) is 259 Å². The van der Waals surface area contributed by atoms with Gasteiger partial charge in [0.2, 0.25) is 0 Å². The molecule has 1 N–H and O–H groups in total. The highest BCUT2D eigenvalue weighted by atomic mass is 14.9. The van der Waals surface area contributed by atoms with Crippen molar-refractivity contribution in [2.75, 3.05) is 0 Å². The van der Waals surface area contributed by atoms with Crippen molar-refractivity contribution < 1.29 is 0 Å². The molecular formula is C59H41N3. The van der Waals surface area contributed by atoms with Crippen LogP contribution in [0.1, 0.15) is 16.7 Å². The molecule has 0 fully saturated rings. The van der Waals surface area contributed by atoms with Crippen molar-refractivity contribution in [3.8, 4) is 67.3 Å². The minimum absolute atomic E-state index is 0.465. The number of hydrogen-bond donors (Lipinski definition) is 1. The number of benzene rings is 9. The zero-order chi connectivity index (χ0) is 41.7.